The van der Waals surface area contributed by atoms with Gasteiger partial charge in [-0.25, -0.2) is 13.1 Å². The van der Waals surface area contributed by atoms with Gasteiger partial charge in [-0.1, -0.05) is 30.3 Å². The average molecular weight is 419 g/mol. The number of carboxylic acids is 1. The van der Waals surface area contributed by atoms with Gasteiger partial charge in [-0.15, -0.1) is 0 Å². The molecule has 1 aliphatic heterocycles. The quantitative estimate of drug-likeness (QED) is 0.650. The lowest BCUT2D eigenvalue weighted by molar-refractivity contribution is -0.149. The van der Waals surface area contributed by atoms with E-state index in [1.807, 2.05) is 35.2 Å². The van der Waals surface area contributed by atoms with Crippen LogP contribution in [-0.2, 0) is 21.4 Å². The summed E-state index contributed by atoms with van der Waals surface area (Å²) in [5.74, 6) is -0.480. The third-order valence-corrected chi connectivity index (χ3v) is 6.67. The molecule has 0 unspecified atom stereocenters. The third kappa shape index (κ3) is 5.14. The van der Waals surface area contributed by atoms with Gasteiger partial charge in [0.25, 0.3) is 0 Å². The predicted octanol–water partition coefficient (Wildman–Crippen LogP) is 2.48. The van der Waals surface area contributed by atoms with Crippen LogP contribution in [0.4, 0.5) is 0 Å². The number of carboxylic acid groups (broad SMARTS) is 1. The number of rotatable bonds is 9. The van der Waals surface area contributed by atoms with Crippen molar-refractivity contribution in [2.24, 2.45) is 0 Å². The van der Waals surface area contributed by atoms with Crippen molar-refractivity contribution in [1.29, 1.82) is 0 Å². The Balaban J connectivity index is 1.63. The number of hydrogen-bond acceptors (Lipinski definition) is 5. The number of ether oxygens (including phenoxy) is 1. The highest BCUT2D eigenvalue weighted by molar-refractivity contribution is 7.89. The zero-order valence-electron chi connectivity index (χ0n) is 16.4. The molecule has 7 nitrogen and oxygen atoms in total. The maximum absolute atomic E-state index is 12.6. The summed E-state index contributed by atoms with van der Waals surface area (Å²) >= 11 is 0. The predicted molar refractivity (Wildman–Crippen MR) is 109 cm³/mol. The molecule has 1 heterocycles. The summed E-state index contributed by atoms with van der Waals surface area (Å²) in [6, 6.07) is 15.8. The van der Waals surface area contributed by atoms with Gasteiger partial charge in [-0.2, -0.15) is 0 Å². The lowest BCUT2D eigenvalue weighted by Gasteiger charge is -2.34. The van der Waals surface area contributed by atoms with Gasteiger partial charge in [-0.3, -0.25) is 9.69 Å². The number of nitrogens with one attached hydrogen (secondary N) is 1. The van der Waals surface area contributed by atoms with Crippen molar-refractivity contribution in [2.45, 2.75) is 36.8 Å². The fourth-order valence-electron chi connectivity index (χ4n) is 3.31. The van der Waals surface area contributed by atoms with E-state index in [9.17, 15) is 18.3 Å². The number of carbonyl (C=O) groups is 1. The van der Waals surface area contributed by atoms with E-state index in [-0.39, 0.29) is 11.4 Å². The molecule has 0 radical (unpaired) electrons. The maximum Gasteiger partial charge on any atom is 0.325 e. The van der Waals surface area contributed by atoms with Gasteiger partial charge in [0.05, 0.1) is 4.90 Å². The molecule has 2 aromatic carbocycles. The topological polar surface area (TPSA) is 95.9 Å². The minimum Gasteiger partial charge on any atom is -0.489 e. The normalized spacial score (nSPS) is 17.0. The van der Waals surface area contributed by atoms with Crippen LogP contribution in [-0.4, -0.2) is 49.6 Å². The van der Waals surface area contributed by atoms with E-state index in [2.05, 4.69) is 4.72 Å². The molecule has 0 bridgehead atoms. The van der Waals surface area contributed by atoms with E-state index in [0.717, 1.165) is 18.4 Å². The SMILES string of the molecule is C[C@](CNS(=O)(=O)c1ccc(OCc2ccccc2)cc1)(C(=O)O)N1CCCC1. The molecule has 2 N–H and O–H groups in total. The van der Waals surface area contributed by atoms with Gasteiger partial charge in [0.1, 0.15) is 17.9 Å². The molecule has 0 aliphatic carbocycles. The van der Waals surface area contributed by atoms with Gasteiger partial charge in [0.15, 0.2) is 0 Å². The zero-order chi connectivity index (χ0) is 20.9. The first-order valence-electron chi connectivity index (χ1n) is 9.56. The van der Waals surface area contributed by atoms with Crippen LogP contribution in [0.5, 0.6) is 5.75 Å². The van der Waals surface area contributed by atoms with Crippen molar-refractivity contribution in [3.05, 3.63) is 60.2 Å². The Bertz CT molecular complexity index is 925. The highest BCUT2D eigenvalue weighted by Gasteiger charge is 2.41. The van der Waals surface area contributed by atoms with E-state index in [0.29, 0.717) is 25.4 Å². The third-order valence-electron chi connectivity index (χ3n) is 5.25. The van der Waals surface area contributed by atoms with Gasteiger partial charge in [0, 0.05) is 6.54 Å². The molecular formula is C21H26N2O5S. The minimum atomic E-state index is -3.84. The van der Waals surface area contributed by atoms with Crippen molar-refractivity contribution >= 4 is 16.0 Å². The monoisotopic (exact) mass is 418 g/mol. The number of likely N-dealkylation sites (tertiary alicyclic amines) is 1. The van der Waals surface area contributed by atoms with Gasteiger partial charge < -0.3 is 9.84 Å². The summed E-state index contributed by atoms with van der Waals surface area (Å²) in [6.45, 7) is 3.05. The summed E-state index contributed by atoms with van der Waals surface area (Å²) in [5.41, 5.74) is -0.261. The smallest absolute Gasteiger partial charge is 0.325 e. The number of aliphatic carboxylic acids is 1. The van der Waals surface area contributed by atoms with Crippen molar-refractivity contribution in [2.75, 3.05) is 19.6 Å². The van der Waals surface area contributed by atoms with Crippen LogP contribution in [0.1, 0.15) is 25.3 Å². The molecule has 0 saturated carbocycles. The average Bonchev–Trinajstić information content (AvgIpc) is 3.27. The fourth-order valence-corrected chi connectivity index (χ4v) is 4.44. The highest BCUT2D eigenvalue weighted by Crippen LogP contribution is 2.23. The van der Waals surface area contributed by atoms with Gasteiger partial charge in [-0.05, 0) is 62.7 Å². The lowest BCUT2D eigenvalue weighted by atomic mass is 10.0. The highest BCUT2D eigenvalue weighted by atomic mass is 32.2. The Morgan fingerprint density at radius 3 is 2.31 bits per heavy atom. The Morgan fingerprint density at radius 1 is 1.10 bits per heavy atom. The molecule has 29 heavy (non-hydrogen) atoms. The fraction of sp³-hybridized carbons (Fsp3) is 0.381. The van der Waals surface area contributed by atoms with E-state index in [4.69, 9.17) is 4.74 Å². The van der Waals surface area contributed by atoms with E-state index in [1.165, 1.54) is 12.1 Å². The summed E-state index contributed by atoms with van der Waals surface area (Å²) in [5, 5.41) is 9.66. The van der Waals surface area contributed by atoms with Crippen LogP contribution in [0.25, 0.3) is 0 Å². The molecule has 0 amide bonds. The summed E-state index contributed by atoms with van der Waals surface area (Å²) in [6.07, 6.45) is 1.83. The molecule has 1 aliphatic rings. The number of sulfonamides is 1. The van der Waals surface area contributed by atoms with Crippen molar-refractivity contribution in [3.63, 3.8) is 0 Å². The van der Waals surface area contributed by atoms with E-state index < -0.39 is 21.5 Å². The van der Waals surface area contributed by atoms with Crippen LogP contribution in [0.2, 0.25) is 0 Å². The largest absolute Gasteiger partial charge is 0.489 e. The number of hydrogen-bond donors (Lipinski definition) is 2. The van der Waals surface area contributed by atoms with E-state index >= 15 is 0 Å². The van der Waals surface area contributed by atoms with Gasteiger partial charge >= 0.3 is 5.97 Å². The van der Waals surface area contributed by atoms with Gasteiger partial charge in [0.2, 0.25) is 10.0 Å². The number of benzene rings is 2. The summed E-state index contributed by atoms with van der Waals surface area (Å²) < 4.78 is 33.4. The Kier molecular flexibility index (Phi) is 6.56. The second kappa shape index (κ2) is 8.94. The van der Waals surface area contributed by atoms with Crippen molar-refractivity contribution in [3.8, 4) is 5.75 Å². The molecule has 8 heteroatoms. The van der Waals surface area contributed by atoms with Crippen LogP contribution in [0.3, 0.4) is 0 Å². The first kappa shape index (κ1) is 21.3. The van der Waals surface area contributed by atoms with Crippen LogP contribution in [0.15, 0.2) is 59.5 Å². The van der Waals surface area contributed by atoms with Crippen LogP contribution in [0, 0.1) is 0 Å². The Hall–Kier alpha value is -2.42. The number of nitrogens with zero attached hydrogens (tertiary/aromatic N) is 1. The second-order valence-electron chi connectivity index (χ2n) is 7.34. The molecule has 0 aromatic heterocycles. The summed E-state index contributed by atoms with van der Waals surface area (Å²) in [7, 11) is -3.84. The van der Waals surface area contributed by atoms with E-state index in [1.54, 1.807) is 19.1 Å². The molecule has 0 spiro atoms. The Morgan fingerprint density at radius 2 is 1.72 bits per heavy atom. The molecule has 3 rings (SSSR count). The standard InChI is InChI=1S/C21H26N2O5S/c1-21(20(24)25,23-13-5-6-14-23)16-22-29(26,27)19-11-9-18(10-12-19)28-15-17-7-3-2-4-8-17/h2-4,7-12,22H,5-6,13-16H2,1H3,(H,24,25)/t21-/m0/s1. The molecule has 2 aromatic rings. The molecule has 156 valence electrons. The Labute approximate surface area is 171 Å². The van der Waals surface area contributed by atoms with Crippen LogP contribution < -0.4 is 9.46 Å². The first-order chi connectivity index (χ1) is 13.8. The molecule has 1 saturated heterocycles. The molecule has 1 fully saturated rings. The molecular weight excluding hydrogens is 392 g/mol. The van der Waals surface area contributed by atoms with Crippen molar-refractivity contribution in [1.82, 2.24) is 9.62 Å². The minimum absolute atomic E-state index is 0.0683. The van der Waals surface area contributed by atoms with Crippen molar-refractivity contribution < 1.29 is 23.1 Å². The zero-order valence-corrected chi connectivity index (χ0v) is 17.2. The first-order valence-corrected chi connectivity index (χ1v) is 11.0. The second-order valence-corrected chi connectivity index (χ2v) is 9.11. The summed E-state index contributed by atoms with van der Waals surface area (Å²) in [4.78, 5) is 13.7. The maximum atomic E-state index is 12.6. The lowest BCUT2D eigenvalue weighted by Crippen LogP contribution is -2.57. The van der Waals surface area contributed by atoms with Crippen LogP contribution >= 0.6 is 0 Å². The molecule has 1 atom stereocenters.